The monoisotopic (exact) mass is 277 g/mol. The van der Waals surface area contributed by atoms with Gasteiger partial charge in [0.25, 0.3) is 0 Å². The Morgan fingerprint density at radius 3 is 2.55 bits per heavy atom. The van der Waals surface area contributed by atoms with E-state index in [9.17, 15) is 9.90 Å². The standard InChI is InChI=1S/C16H23NO3/c1-10(2)8-17-15(9-18)13-6-5-12(20-11(3)4)7-14(13)16(17)19/h5-7,9-11,15-16,19H,8H2,1-4H3. The third-order valence-electron chi connectivity index (χ3n) is 3.40. The van der Waals surface area contributed by atoms with Gasteiger partial charge in [0, 0.05) is 12.1 Å². The zero-order valence-corrected chi connectivity index (χ0v) is 12.5. The largest absolute Gasteiger partial charge is 0.491 e. The highest BCUT2D eigenvalue weighted by molar-refractivity contribution is 5.65. The van der Waals surface area contributed by atoms with Crippen molar-refractivity contribution >= 4 is 6.29 Å². The summed E-state index contributed by atoms with van der Waals surface area (Å²) in [4.78, 5) is 13.2. The number of ether oxygens (including phenoxy) is 1. The van der Waals surface area contributed by atoms with Gasteiger partial charge >= 0.3 is 0 Å². The van der Waals surface area contributed by atoms with Gasteiger partial charge in [-0.05, 0) is 37.5 Å². The zero-order valence-electron chi connectivity index (χ0n) is 12.5. The highest BCUT2D eigenvalue weighted by Gasteiger charge is 2.37. The number of fused-ring (bicyclic) bond motifs is 1. The van der Waals surface area contributed by atoms with Crippen molar-refractivity contribution in [3.8, 4) is 5.75 Å². The Balaban J connectivity index is 2.32. The first-order valence-electron chi connectivity index (χ1n) is 7.13. The minimum absolute atomic E-state index is 0.0835. The second-order valence-corrected chi connectivity index (χ2v) is 6.00. The minimum Gasteiger partial charge on any atom is -0.491 e. The molecular weight excluding hydrogens is 254 g/mol. The summed E-state index contributed by atoms with van der Waals surface area (Å²) in [6.45, 7) is 8.75. The Morgan fingerprint density at radius 1 is 1.30 bits per heavy atom. The number of aliphatic hydroxyl groups excluding tert-OH is 1. The number of aldehydes is 1. The van der Waals surface area contributed by atoms with Gasteiger partial charge in [-0.3, -0.25) is 4.90 Å². The van der Waals surface area contributed by atoms with Crippen LogP contribution in [0.15, 0.2) is 18.2 Å². The number of hydrogen-bond donors (Lipinski definition) is 1. The second kappa shape index (κ2) is 5.94. The molecule has 1 aliphatic heterocycles. The lowest BCUT2D eigenvalue weighted by atomic mass is 10.0. The topological polar surface area (TPSA) is 49.8 Å². The fourth-order valence-electron chi connectivity index (χ4n) is 2.69. The van der Waals surface area contributed by atoms with Crippen LogP contribution in [-0.2, 0) is 4.79 Å². The van der Waals surface area contributed by atoms with Crippen LogP contribution in [0.4, 0.5) is 0 Å². The number of carbonyl (C=O) groups is 1. The van der Waals surface area contributed by atoms with Crippen LogP contribution in [0.2, 0.25) is 0 Å². The van der Waals surface area contributed by atoms with Gasteiger partial charge in [0.1, 0.15) is 18.3 Å². The summed E-state index contributed by atoms with van der Waals surface area (Å²) < 4.78 is 5.66. The number of hydrogen-bond acceptors (Lipinski definition) is 4. The summed E-state index contributed by atoms with van der Waals surface area (Å²) in [7, 11) is 0. The molecule has 2 atom stereocenters. The Morgan fingerprint density at radius 2 is 2.00 bits per heavy atom. The molecule has 0 bridgehead atoms. The van der Waals surface area contributed by atoms with Crippen molar-refractivity contribution in [3.05, 3.63) is 29.3 Å². The van der Waals surface area contributed by atoms with E-state index in [4.69, 9.17) is 4.74 Å². The first-order chi connectivity index (χ1) is 9.43. The van der Waals surface area contributed by atoms with Gasteiger partial charge in [0.05, 0.1) is 12.1 Å². The number of nitrogens with zero attached hydrogens (tertiary/aromatic N) is 1. The zero-order chi connectivity index (χ0) is 14.9. The van der Waals surface area contributed by atoms with E-state index in [0.717, 1.165) is 23.2 Å². The molecule has 0 aliphatic carbocycles. The molecule has 0 amide bonds. The molecule has 20 heavy (non-hydrogen) atoms. The molecule has 2 unspecified atom stereocenters. The fourth-order valence-corrected chi connectivity index (χ4v) is 2.69. The van der Waals surface area contributed by atoms with Crippen LogP contribution in [-0.4, -0.2) is 28.9 Å². The van der Waals surface area contributed by atoms with Crippen molar-refractivity contribution in [1.82, 2.24) is 4.90 Å². The lowest BCUT2D eigenvalue weighted by molar-refractivity contribution is -0.116. The molecule has 1 aromatic rings. The molecule has 1 heterocycles. The van der Waals surface area contributed by atoms with Gasteiger partial charge in [-0.2, -0.15) is 0 Å². The Bertz CT molecular complexity index is 485. The first kappa shape index (κ1) is 15.0. The predicted molar refractivity (Wildman–Crippen MR) is 77.5 cm³/mol. The third-order valence-corrected chi connectivity index (χ3v) is 3.40. The van der Waals surface area contributed by atoms with Crippen LogP contribution in [0.3, 0.4) is 0 Å². The van der Waals surface area contributed by atoms with Gasteiger partial charge in [0.2, 0.25) is 0 Å². The molecule has 4 heteroatoms. The SMILES string of the molecule is CC(C)CN1C(O)c2cc(OC(C)C)ccc2C1C=O. The predicted octanol–water partition coefficient (Wildman–Crippen LogP) is 2.68. The maximum atomic E-state index is 11.4. The molecule has 0 fully saturated rings. The van der Waals surface area contributed by atoms with Crippen molar-refractivity contribution in [1.29, 1.82) is 0 Å². The van der Waals surface area contributed by atoms with E-state index in [-0.39, 0.29) is 12.1 Å². The summed E-state index contributed by atoms with van der Waals surface area (Å²) >= 11 is 0. The Kier molecular flexibility index (Phi) is 4.45. The first-order valence-corrected chi connectivity index (χ1v) is 7.13. The average molecular weight is 277 g/mol. The van der Waals surface area contributed by atoms with E-state index in [1.807, 2.05) is 36.9 Å². The molecule has 4 nitrogen and oxygen atoms in total. The number of benzene rings is 1. The minimum atomic E-state index is -0.738. The maximum absolute atomic E-state index is 11.4. The van der Waals surface area contributed by atoms with Crippen LogP contribution in [0, 0.1) is 5.92 Å². The Hall–Kier alpha value is -1.39. The molecule has 1 N–H and O–H groups in total. The molecule has 0 spiro atoms. The molecule has 0 aromatic heterocycles. The van der Waals surface area contributed by atoms with E-state index in [0.29, 0.717) is 12.5 Å². The van der Waals surface area contributed by atoms with Crippen molar-refractivity contribution in [3.63, 3.8) is 0 Å². The van der Waals surface area contributed by atoms with Crippen LogP contribution < -0.4 is 4.74 Å². The van der Waals surface area contributed by atoms with Crippen molar-refractivity contribution in [2.45, 2.75) is 46.1 Å². The van der Waals surface area contributed by atoms with Crippen LogP contribution in [0.1, 0.15) is 51.1 Å². The number of rotatable bonds is 5. The highest BCUT2D eigenvalue weighted by Crippen LogP contribution is 2.41. The van der Waals surface area contributed by atoms with Crippen LogP contribution >= 0.6 is 0 Å². The van der Waals surface area contributed by atoms with Crippen molar-refractivity contribution < 1.29 is 14.6 Å². The molecule has 1 aromatic carbocycles. The molecule has 1 aliphatic rings. The van der Waals surface area contributed by atoms with E-state index >= 15 is 0 Å². The van der Waals surface area contributed by atoms with Crippen LogP contribution in [0.5, 0.6) is 5.75 Å². The number of carbonyl (C=O) groups excluding carboxylic acids is 1. The lowest BCUT2D eigenvalue weighted by Gasteiger charge is -2.26. The Labute approximate surface area is 120 Å². The summed E-state index contributed by atoms with van der Waals surface area (Å²) in [6.07, 6.45) is 0.249. The quantitative estimate of drug-likeness (QED) is 0.841. The molecule has 0 radical (unpaired) electrons. The highest BCUT2D eigenvalue weighted by atomic mass is 16.5. The number of aliphatic hydroxyl groups is 1. The van der Waals surface area contributed by atoms with E-state index in [1.165, 1.54) is 0 Å². The van der Waals surface area contributed by atoms with Gasteiger partial charge < -0.3 is 14.6 Å². The van der Waals surface area contributed by atoms with Gasteiger partial charge in [0.15, 0.2) is 0 Å². The van der Waals surface area contributed by atoms with Gasteiger partial charge in [-0.15, -0.1) is 0 Å². The average Bonchev–Trinajstić information content (AvgIpc) is 2.61. The van der Waals surface area contributed by atoms with E-state index in [1.54, 1.807) is 0 Å². The molecule has 0 saturated carbocycles. The molecule has 110 valence electrons. The third kappa shape index (κ3) is 2.86. The fraction of sp³-hybridized carbons (Fsp3) is 0.562. The van der Waals surface area contributed by atoms with E-state index in [2.05, 4.69) is 13.8 Å². The van der Waals surface area contributed by atoms with Gasteiger partial charge in [-0.1, -0.05) is 19.9 Å². The smallest absolute Gasteiger partial charge is 0.141 e. The summed E-state index contributed by atoms with van der Waals surface area (Å²) in [5.74, 6) is 1.11. The normalized spacial score (nSPS) is 22.4. The maximum Gasteiger partial charge on any atom is 0.141 e. The van der Waals surface area contributed by atoms with Crippen LogP contribution in [0.25, 0.3) is 0 Å². The molecular formula is C16H23NO3. The summed E-state index contributed by atoms with van der Waals surface area (Å²) in [5.41, 5.74) is 1.66. The second-order valence-electron chi connectivity index (χ2n) is 6.00. The lowest BCUT2D eigenvalue weighted by Crippen LogP contribution is -2.30. The van der Waals surface area contributed by atoms with Crippen molar-refractivity contribution in [2.75, 3.05) is 6.54 Å². The van der Waals surface area contributed by atoms with E-state index < -0.39 is 6.23 Å². The molecule has 0 saturated heterocycles. The van der Waals surface area contributed by atoms with Crippen molar-refractivity contribution in [2.24, 2.45) is 5.92 Å². The van der Waals surface area contributed by atoms with Gasteiger partial charge in [-0.25, -0.2) is 0 Å². The summed E-state index contributed by atoms with van der Waals surface area (Å²) in [5, 5.41) is 10.5. The summed E-state index contributed by atoms with van der Waals surface area (Å²) in [6, 6.07) is 5.23. The molecule has 2 rings (SSSR count).